The Morgan fingerprint density at radius 2 is 1.64 bits per heavy atom. The SMILES string of the molecule is CCCCCc1ccc(OC(=O)c2ccc(C3=CCC(C(C)CCCCC)CC3)cc2)cc1. The van der Waals surface area contributed by atoms with Crippen molar-refractivity contribution in [2.75, 3.05) is 0 Å². The second-order valence-corrected chi connectivity index (χ2v) is 9.80. The van der Waals surface area contributed by atoms with Crippen molar-refractivity contribution < 1.29 is 9.53 Å². The summed E-state index contributed by atoms with van der Waals surface area (Å²) in [6.07, 6.45) is 16.2. The molecule has 0 spiro atoms. The van der Waals surface area contributed by atoms with Crippen LogP contribution in [0.4, 0.5) is 0 Å². The molecule has 33 heavy (non-hydrogen) atoms. The molecule has 0 radical (unpaired) electrons. The van der Waals surface area contributed by atoms with Gasteiger partial charge in [0.25, 0.3) is 0 Å². The Kier molecular flexibility index (Phi) is 10.2. The van der Waals surface area contributed by atoms with E-state index in [4.69, 9.17) is 4.74 Å². The van der Waals surface area contributed by atoms with Crippen LogP contribution in [0.25, 0.3) is 5.57 Å². The first-order valence-corrected chi connectivity index (χ1v) is 13.2. The summed E-state index contributed by atoms with van der Waals surface area (Å²) in [6, 6.07) is 15.9. The van der Waals surface area contributed by atoms with Gasteiger partial charge < -0.3 is 4.74 Å². The van der Waals surface area contributed by atoms with Crippen LogP contribution in [0.1, 0.15) is 106 Å². The summed E-state index contributed by atoms with van der Waals surface area (Å²) in [7, 11) is 0. The van der Waals surface area contributed by atoms with Gasteiger partial charge in [-0.3, -0.25) is 0 Å². The number of unbranched alkanes of at least 4 members (excludes halogenated alkanes) is 4. The summed E-state index contributed by atoms with van der Waals surface area (Å²) in [5, 5.41) is 0. The van der Waals surface area contributed by atoms with Gasteiger partial charge in [0.1, 0.15) is 5.75 Å². The predicted molar refractivity (Wildman–Crippen MR) is 140 cm³/mol. The summed E-state index contributed by atoms with van der Waals surface area (Å²) in [5.41, 5.74) is 4.56. The lowest BCUT2D eigenvalue weighted by molar-refractivity contribution is 0.0734. The average molecular weight is 447 g/mol. The average Bonchev–Trinajstić information content (AvgIpc) is 2.85. The van der Waals surface area contributed by atoms with Gasteiger partial charge in [-0.15, -0.1) is 0 Å². The zero-order valence-electron chi connectivity index (χ0n) is 20.9. The molecule has 0 fully saturated rings. The predicted octanol–water partition coefficient (Wildman–Crippen LogP) is 9.04. The number of carbonyl (C=O) groups is 1. The third-order valence-corrected chi connectivity index (χ3v) is 7.21. The molecule has 0 aliphatic heterocycles. The molecule has 2 unspecified atom stereocenters. The molecule has 2 heteroatoms. The fourth-order valence-electron chi connectivity index (χ4n) is 4.88. The summed E-state index contributed by atoms with van der Waals surface area (Å²) in [4.78, 5) is 12.6. The molecule has 2 aromatic carbocycles. The van der Waals surface area contributed by atoms with E-state index in [2.05, 4.69) is 51.1 Å². The summed E-state index contributed by atoms with van der Waals surface area (Å²) >= 11 is 0. The number of hydrogen-bond acceptors (Lipinski definition) is 2. The van der Waals surface area contributed by atoms with Gasteiger partial charge >= 0.3 is 5.97 Å². The molecule has 0 aromatic heterocycles. The van der Waals surface area contributed by atoms with Crippen molar-refractivity contribution in [2.24, 2.45) is 11.8 Å². The van der Waals surface area contributed by atoms with Crippen molar-refractivity contribution >= 4 is 11.5 Å². The minimum absolute atomic E-state index is 0.293. The van der Waals surface area contributed by atoms with Gasteiger partial charge in [-0.1, -0.05) is 89.6 Å². The zero-order chi connectivity index (χ0) is 23.5. The topological polar surface area (TPSA) is 26.3 Å². The molecule has 0 N–H and O–H groups in total. The van der Waals surface area contributed by atoms with Crippen LogP contribution in [-0.2, 0) is 6.42 Å². The fraction of sp³-hybridized carbons (Fsp3) is 0.516. The minimum atomic E-state index is -0.293. The van der Waals surface area contributed by atoms with Gasteiger partial charge in [-0.2, -0.15) is 0 Å². The van der Waals surface area contributed by atoms with Crippen LogP contribution in [0.2, 0.25) is 0 Å². The van der Waals surface area contributed by atoms with Crippen LogP contribution in [-0.4, -0.2) is 5.97 Å². The largest absolute Gasteiger partial charge is 0.423 e. The maximum Gasteiger partial charge on any atom is 0.343 e. The number of ether oxygens (including phenoxy) is 1. The van der Waals surface area contributed by atoms with E-state index in [1.165, 1.54) is 74.5 Å². The zero-order valence-corrected chi connectivity index (χ0v) is 20.9. The summed E-state index contributed by atoms with van der Waals surface area (Å²) < 4.78 is 5.59. The second kappa shape index (κ2) is 13.4. The molecule has 0 bridgehead atoms. The van der Waals surface area contributed by atoms with Crippen LogP contribution in [0, 0.1) is 11.8 Å². The van der Waals surface area contributed by atoms with Gasteiger partial charge in [-0.25, -0.2) is 4.79 Å². The number of hydrogen-bond donors (Lipinski definition) is 0. The highest BCUT2D eigenvalue weighted by molar-refractivity contribution is 5.91. The fourth-order valence-corrected chi connectivity index (χ4v) is 4.88. The van der Waals surface area contributed by atoms with Crippen molar-refractivity contribution in [3.05, 3.63) is 71.3 Å². The number of benzene rings is 2. The lowest BCUT2D eigenvalue weighted by Crippen LogP contribution is -2.14. The molecular weight excluding hydrogens is 404 g/mol. The Labute approximate surface area is 201 Å². The summed E-state index contributed by atoms with van der Waals surface area (Å²) in [6.45, 7) is 6.92. The van der Waals surface area contributed by atoms with Crippen molar-refractivity contribution in [2.45, 2.75) is 91.4 Å². The van der Waals surface area contributed by atoms with E-state index in [1.807, 2.05) is 24.3 Å². The molecule has 178 valence electrons. The highest BCUT2D eigenvalue weighted by Gasteiger charge is 2.21. The van der Waals surface area contributed by atoms with Gasteiger partial charge in [0.2, 0.25) is 0 Å². The lowest BCUT2D eigenvalue weighted by atomic mass is 9.78. The van der Waals surface area contributed by atoms with E-state index in [0.717, 1.165) is 24.7 Å². The number of aryl methyl sites for hydroxylation is 1. The third-order valence-electron chi connectivity index (χ3n) is 7.21. The number of rotatable bonds is 12. The smallest absolute Gasteiger partial charge is 0.343 e. The molecule has 0 amide bonds. The Hall–Kier alpha value is -2.35. The van der Waals surface area contributed by atoms with Crippen molar-refractivity contribution in [1.29, 1.82) is 0 Å². The monoisotopic (exact) mass is 446 g/mol. The van der Waals surface area contributed by atoms with E-state index in [0.29, 0.717) is 11.3 Å². The molecule has 2 nitrogen and oxygen atoms in total. The normalized spacial score (nSPS) is 16.8. The standard InChI is InChI=1S/C31H42O2/c1-4-6-8-10-24(3)26-14-16-27(17-15-26)28-18-20-29(21-19-28)31(32)33-30-22-12-25(13-23-30)11-9-7-5-2/h12-13,16,18-24,26H,4-11,14-15,17H2,1-3H3. The van der Waals surface area contributed by atoms with Gasteiger partial charge in [0, 0.05) is 0 Å². The third kappa shape index (κ3) is 7.88. The van der Waals surface area contributed by atoms with E-state index < -0.39 is 0 Å². The number of allylic oxidation sites excluding steroid dienone is 2. The highest BCUT2D eigenvalue weighted by Crippen LogP contribution is 2.35. The van der Waals surface area contributed by atoms with Crippen LogP contribution in [0.3, 0.4) is 0 Å². The Balaban J connectivity index is 1.51. The second-order valence-electron chi connectivity index (χ2n) is 9.80. The number of esters is 1. The first kappa shape index (κ1) is 25.3. The highest BCUT2D eigenvalue weighted by atomic mass is 16.5. The Bertz CT molecular complexity index is 876. The Morgan fingerprint density at radius 3 is 2.27 bits per heavy atom. The van der Waals surface area contributed by atoms with Crippen molar-refractivity contribution in [3.8, 4) is 5.75 Å². The molecule has 1 aliphatic carbocycles. The van der Waals surface area contributed by atoms with E-state index in [9.17, 15) is 4.79 Å². The van der Waals surface area contributed by atoms with Gasteiger partial charge in [-0.05, 0) is 84.9 Å². The minimum Gasteiger partial charge on any atom is -0.423 e. The van der Waals surface area contributed by atoms with E-state index in [-0.39, 0.29) is 5.97 Å². The quantitative estimate of drug-likeness (QED) is 0.185. The molecule has 2 aromatic rings. The summed E-state index contributed by atoms with van der Waals surface area (Å²) in [5.74, 6) is 1.95. The van der Waals surface area contributed by atoms with Crippen molar-refractivity contribution in [1.82, 2.24) is 0 Å². The Morgan fingerprint density at radius 1 is 0.939 bits per heavy atom. The van der Waals surface area contributed by atoms with Crippen LogP contribution < -0.4 is 4.74 Å². The van der Waals surface area contributed by atoms with Crippen molar-refractivity contribution in [3.63, 3.8) is 0 Å². The maximum atomic E-state index is 12.6. The van der Waals surface area contributed by atoms with Crippen LogP contribution in [0.15, 0.2) is 54.6 Å². The van der Waals surface area contributed by atoms with Crippen LogP contribution >= 0.6 is 0 Å². The van der Waals surface area contributed by atoms with E-state index in [1.54, 1.807) is 0 Å². The maximum absolute atomic E-state index is 12.6. The molecule has 0 heterocycles. The molecule has 3 rings (SSSR count). The lowest BCUT2D eigenvalue weighted by Gasteiger charge is -2.27. The molecule has 0 saturated heterocycles. The first-order chi connectivity index (χ1) is 16.1. The molecular formula is C31H42O2. The van der Waals surface area contributed by atoms with Gasteiger partial charge in [0.15, 0.2) is 0 Å². The first-order valence-electron chi connectivity index (χ1n) is 13.2. The molecule has 1 aliphatic rings. The van der Waals surface area contributed by atoms with E-state index >= 15 is 0 Å². The molecule has 2 atom stereocenters. The molecule has 0 saturated carbocycles. The number of carbonyl (C=O) groups excluding carboxylic acids is 1. The van der Waals surface area contributed by atoms with Gasteiger partial charge in [0.05, 0.1) is 5.56 Å². The van der Waals surface area contributed by atoms with Crippen LogP contribution in [0.5, 0.6) is 5.75 Å².